The zero-order chi connectivity index (χ0) is 34.9. The van der Waals surface area contributed by atoms with Gasteiger partial charge in [-0.3, -0.25) is 9.59 Å². The second kappa shape index (κ2) is 14.1. The van der Waals surface area contributed by atoms with E-state index in [4.69, 9.17) is 14.6 Å². The Morgan fingerprint density at radius 3 is 2.54 bits per heavy atom. The van der Waals surface area contributed by atoms with E-state index in [0.29, 0.717) is 48.2 Å². The van der Waals surface area contributed by atoms with E-state index in [0.717, 1.165) is 46.5 Å². The molecule has 1 atom stereocenters. The van der Waals surface area contributed by atoms with Crippen LogP contribution in [0.4, 0.5) is 0 Å². The Balaban J connectivity index is 1.51. The average molecular weight is 672 g/mol. The maximum Gasteiger partial charge on any atom is 0.257 e. The van der Waals surface area contributed by atoms with Gasteiger partial charge in [0, 0.05) is 48.4 Å². The van der Waals surface area contributed by atoms with E-state index in [1.165, 1.54) is 30.2 Å². The van der Waals surface area contributed by atoms with E-state index in [1.54, 1.807) is 38.2 Å². The van der Waals surface area contributed by atoms with Crippen molar-refractivity contribution >= 4 is 34.2 Å². The first-order valence-corrected chi connectivity index (χ1v) is 17.7. The number of ketones is 1. The summed E-state index contributed by atoms with van der Waals surface area (Å²) in [5, 5.41) is 5.99. The molecule has 1 unspecified atom stereocenters. The van der Waals surface area contributed by atoms with Crippen LogP contribution in [0.3, 0.4) is 0 Å². The molecular formula is C41H45N5O4. The lowest BCUT2D eigenvalue weighted by molar-refractivity contribution is 0.0551. The zero-order valence-electron chi connectivity index (χ0n) is 29.6. The molecule has 0 bridgehead atoms. The highest BCUT2D eigenvalue weighted by Crippen LogP contribution is 2.48. The van der Waals surface area contributed by atoms with Crippen molar-refractivity contribution in [1.29, 1.82) is 0 Å². The number of pyridine rings is 1. The Morgan fingerprint density at radius 1 is 1.02 bits per heavy atom. The van der Waals surface area contributed by atoms with Crippen molar-refractivity contribution in [2.75, 3.05) is 27.3 Å². The second-order valence-electron chi connectivity index (χ2n) is 13.5. The van der Waals surface area contributed by atoms with E-state index in [1.807, 2.05) is 55.1 Å². The Hall–Kier alpha value is -5.02. The molecule has 4 heterocycles. The summed E-state index contributed by atoms with van der Waals surface area (Å²) in [6.07, 6.45) is 11.4. The molecule has 0 radical (unpaired) electrons. The standard InChI is InChI=1S/C41H45N5O4/c1-6-44(24-26(2)49-4)41(48)35-23-43-46(37-14-10-11-19-42-37)39(35)31-20-30-21-32(50-5)16-18-33(30)40-38(28-12-8-7-9-13-28)34-17-15-29(27(3)47)22-36(34)45(40)25-31/h10-11,14-23,26,28H,6-9,12-13,24-25H2,1-5H3. The fraction of sp³-hybridized carbons (Fsp3) is 0.366. The summed E-state index contributed by atoms with van der Waals surface area (Å²) < 4.78 is 15.5. The number of hydrogen-bond donors (Lipinski definition) is 0. The molecule has 9 nitrogen and oxygen atoms in total. The summed E-state index contributed by atoms with van der Waals surface area (Å²) in [6.45, 7) is 6.99. The van der Waals surface area contributed by atoms with Gasteiger partial charge >= 0.3 is 0 Å². The van der Waals surface area contributed by atoms with Gasteiger partial charge in [0.05, 0.1) is 42.9 Å². The molecule has 50 heavy (non-hydrogen) atoms. The smallest absolute Gasteiger partial charge is 0.257 e. The number of carbonyl (C=O) groups is 2. The minimum absolute atomic E-state index is 0.0299. The van der Waals surface area contributed by atoms with E-state index < -0.39 is 0 Å². The normalized spacial score (nSPS) is 15.2. The molecule has 0 N–H and O–H groups in total. The van der Waals surface area contributed by atoms with Crippen molar-refractivity contribution < 1.29 is 19.1 Å². The number of fused-ring (bicyclic) bond motifs is 5. The summed E-state index contributed by atoms with van der Waals surface area (Å²) in [5.41, 5.74) is 8.38. The van der Waals surface area contributed by atoms with E-state index in [9.17, 15) is 9.59 Å². The van der Waals surface area contributed by atoms with Crippen LogP contribution in [-0.4, -0.2) is 69.3 Å². The van der Waals surface area contributed by atoms with Crippen molar-refractivity contribution in [2.45, 2.75) is 71.4 Å². The second-order valence-corrected chi connectivity index (χ2v) is 13.5. The number of amides is 1. The van der Waals surface area contributed by atoms with Crippen molar-refractivity contribution in [3.63, 3.8) is 0 Å². The van der Waals surface area contributed by atoms with Gasteiger partial charge in [-0.25, -0.2) is 9.67 Å². The number of carbonyl (C=O) groups excluding carboxylic acids is 2. The van der Waals surface area contributed by atoms with E-state index in [-0.39, 0.29) is 17.8 Å². The predicted molar refractivity (Wildman–Crippen MR) is 197 cm³/mol. The summed E-state index contributed by atoms with van der Waals surface area (Å²) in [4.78, 5) is 33.7. The summed E-state index contributed by atoms with van der Waals surface area (Å²) in [6, 6.07) is 18.1. The largest absolute Gasteiger partial charge is 0.497 e. The third-order valence-corrected chi connectivity index (χ3v) is 10.4. The van der Waals surface area contributed by atoms with Gasteiger partial charge in [-0.15, -0.1) is 0 Å². The zero-order valence-corrected chi connectivity index (χ0v) is 29.6. The molecule has 7 rings (SSSR count). The number of Topliss-reactive ketones (excluding diaryl/α,β-unsaturated/α-hetero) is 1. The molecule has 1 amide bonds. The fourth-order valence-corrected chi connectivity index (χ4v) is 7.78. The lowest BCUT2D eigenvalue weighted by Crippen LogP contribution is -2.37. The van der Waals surface area contributed by atoms with Crippen LogP contribution in [0.15, 0.2) is 67.0 Å². The van der Waals surface area contributed by atoms with Crippen molar-refractivity contribution in [3.8, 4) is 22.8 Å². The fourth-order valence-electron chi connectivity index (χ4n) is 7.78. The predicted octanol–water partition coefficient (Wildman–Crippen LogP) is 8.20. The van der Waals surface area contributed by atoms with Crippen molar-refractivity contribution in [1.82, 2.24) is 24.2 Å². The maximum absolute atomic E-state index is 14.5. The first-order chi connectivity index (χ1) is 24.3. The third kappa shape index (κ3) is 6.04. The Bertz CT molecular complexity index is 2090. The molecule has 258 valence electrons. The molecule has 0 spiro atoms. The Kier molecular flexibility index (Phi) is 9.42. The number of ether oxygens (including phenoxy) is 2. The van der Waals surface area contributed by atoms with Crippen LogP contribution >= 0.6 is 0 Å². The number of benzene rings is 2. The van der Waals surface area contributed by atoms with Gasteiger partial charge in [-0.2, -0.15) is 5.10 Å². The molecule has 5 aromatic rings. The Labute approximate surface area is 293 Å². The molecule has 2 aromatic carbocycles. The lowest BCUT2D eigenvalue weighted by atomic mass is 9.81. The van der Waals surface area contributed by atoms with Crippen LogP contribution in [0.5, 0.6) is 5.75 Å². The number of hydrogen-bond acceptors (Lipinski definition) is 6. The first kappa shape index (κ1) is 33.5. The van der Waals surface area contributed by atoms with Gasteiger partial charge in [-0.05, 0) is 98.7 Å². The average Bonchev–Trinajstić information content (AvgIpc) is 3.68. The quantitative estimate of drug-likeness (QED) is 0.139. The van der Waals surface area contributed by atoms with Crippen LogP contribution in [0.2, 0.25) is 0 Å². The van der Waals surface area contributed by atoms with Gasteiger partial charge in [0.1, 0.15) is 5.75 Å². The van der Waals surface area contributed by atoms with Gasteiger partial charge in [-0.1, -0.05) is 37.5 Å². The molecule has 9 heteroatoms. The SMILES string of the molecule is CCN(CC(C)OC)C(=O)c1cnn(-c2ccccn2)c1C1=Cc2cc(OC)ccc2-c2c(C3CCCCC3)c3ccc(C(C)=O)cc3n2C1. The molecule has 3 aromatic heterocycles. The molecule has 0 saturated heterocycles. The number of methoxy groups -OCH3 is 2. The molecule has 1 fully saturated rings. The van der Waals surface area contributed by atoms with Crippen LogP contribution in [0, 0.1) is 0 Å². The highest BCUT2D eigenvalue weighted by molar-refractivity contribution is 6.05. The number of aromatic nitrogens is 4. The topological polar surface area (TPSA) is 91.5 Å². The number of likely N-dealkylation sites (N-methyl/N-ethyl adjacent to an activating group) is 1. The molecule has 1 aliphatic carbocycles. The van der Waals surface area contributed by atoms with Gasteiger partial charge in [0.2, 0.25) is 0 Å². The van der Waals surface area contributed by atoms with Gasteiger partial charge in [0.15, 0.2) is 11.6 Å². The van der Waals surface area contributed by atoms with Gasteiger partial charge < -0.3 is 18.9 Å². The summed E-state index contributed by atoms with van der Waals surface area (Å²) >= 11 is 0. The molecular weight excluding hydrogens is 626 g/mol. The molecule has 1 saturated carbocycles. The lowest BCUT2D eigenvalue weighted by Gasteiger charge is -2.24. The van der Waals surface area contributed by atoms with Crippen LogP contribution < -0.4 is 4.74 Å². The molecule has 1 aliphatic heterocycles. The van der Waals surface area contributed by atoms with E-state index >= 15 is 0 Å². The highest BCUT2D eigenvalue weighted by atomic mass is 16.5. The Morgan fingerprint density at radius 2 is 1.84 bits per heavy atom. The number of nitrogens with zero attached hydrogens (tertiary/aromatic N) is 5. The summed E-state index contributed by atoms with van der Waals surface area (Å²) in [5.74, 6) is 1.68. The summed E-state index contributed by atoms with van der Waals surface area (Å²) in [7, 11) is 3.34. The minimum Gasteiger partial charge on any atom is -0.497 e. The number of allylic oxidation sites excluding steroid dienone is 1. The van der Waals surface area contributed by atoms with Crippen LogP contribution in [-0.2, 0) is 11.3 Å². The third-order valence-electron chi connectivity index (χ3n) is 10.4. The van der Waals surface area contributed by atoms with Gasteiger partial charge in [0.25, 0.3) is 5.91 Å². The monoisotopic (exact) mass is 671 g/mol. The van der Waals surface area contributed by atoms with E-state index in [2.05, 4.69) is 33.8 Å². The van der Waals surface area contributed by atoms with Crippen LogP contribution in [0.1, 0.15) is 96.3 Å². The maximum atomic E-state index is 14.5. The molecule has 2 aliphatic rings. The minimum atomic E-state index is -0.132. The van der Waals surface area contributed by atoms with Crippen molar-refractivity contribution in [3.05, 3.63) is 94.9 Å². The van der Waals surface area contributed by atoms with Crippen molar-refractivity contribution in [2.24, 2.45) is 0 Å². The number of rotatable bonds is 10. The first-order valence-electron chi connectivity index (χ1n) is 17.7. The van der Waals surface area contributed by atoms with Crippen LogP contribution in [0.25, 0.3) is 39.6 Å². The highest BCUT2D eigenvalue weighted by Gasteiger charge is 2.32.